The SMILES string of the molecule is O=C1CCc2cc(S(=O)(=O)Nc3ccc(C(=O)O)cc3F)c(F)cc2N1. The average molecular weight is 382 g/mol. The number of aryl methyl sites for hydroxylation is 1. The summed E-state index contributed by atoms with van der Waals surface area (Å²) in [4.78, 5) is 21.4. The molecular weight excluding hydrogens is 370 g/mol. The van der Waals surface area contributed by atoms with Crippen molar-refractivity contribution in [3.63, 3.8) is 0 Å². The number of benzene rings is 2. The lowest BCUT2D eigenvalue weighted by Crippen LogP contribution is -2.21. The van der Waals surface area contributed by atoms with E-state index in [0.29, 0.717) is 11.6 Å². The van der Waals surface area contributed by atoms with Gasteiger partial charge in [-0.15, -0.1) is 0 Å². The number of sulfonamides is 1. The summed E-state index contributed by atoms with van der Waals surface area (Å²) in [6.45, 7) is 0. The number of rotatable bonds is 4. The lowest BCUT2D eigenvalue weighted by atomic mass is 10.0. The van der Waals surface area contributed by atoms with Gasteiger partial charge in [0.1, 0.15) is 16.5 Å². The van der Waals surface area contributed by atoms with Gasteiger partial charge in [0.25, 0.3) is 10.0 Å². The van der Waals surface area contributed by atoms with Crippen molar-refractivity contribution in [3.05, 3.63) is 53.1 Å². The molecule has 0 saturated heterocycles. The van der Waals surface area contributed by atoms with Crippen molar-refractivity contribution in [2.45, 2.75) is 17.7 Å². The molecule has 26 heavy (non-hydrogen) atoms. The van der Waals surface area contributed by atoms with Crippen LogP contribution in [0.4, 0.5) is 20.2 Å². The van der Waals surface area contributed by atoms with E-state index in [1.54, 1.807) is 0 Å². The molecular formula is C16H12F2N2O5S. The molecule has 3 rings (SSSR count). The van der Waals surface area contributed by atoms with Gasteiger partial charge >= 0.3 is 5.97 Å². The Kier molecular flexibility index (Phi) is 4.36. The summed E-state index contributed by atoms with van der Waals surface area (Å²) in [5.74, 6) is -3.90. The van der Waals surface area contributed by atoms with Gasteiger partial charge in [0.2, 0.25) is 5.91 Å². The van der Waals surface area contributed by atoms with Crippen LogP contribution in [0.3, 0.4) is 0 Å². The van der Waals surface area contributed by atoms with Crippen LogP contribution in [0.2, 0.25) is 0 Å². The first-order valence-corrected chi connectivity index (χ1v) is 8.83. The molecule has 0 saturated carbocycles. The van der Waals surface area contributed by atoms with Gasteiger partial charge in [-0.05, 0) is 42.3 Å². The Hall–Kier alpha value is -3.01. The topological polar surface area (TPSA) is 113 Å². The third-order valence-electron chi connectivity index (χ3n) is 3.80. The minimum Gasteiger partial charge on any atom is -0.478 e. The zero-order valence-corrected chi connectivity index (χ0v) is 13.9. The van der Waals surface area contributed by atoms with E-state index in [9.17, 15) is 26.8 Å². The fraction of sp³-hybridized carbons (Fsp3) is 0.125. The van der Waals surface area contributed by atoms with Gasteiger partial charge in [0, 0.05) is 12.1 Å². The van der Waals surface area contributed by atoms with E-state index in [4.69, 9.17) is 5.11 Å². The molecule has 10 heteroatoms. The van der Waals surface area contributed by atoms with Crippen molar-refractivity contribution >= 4 is 33.3 Å². The third-order valence-corrected chi connectivity index (χ3v) is 5.18. The van der Waals surface area contributed by atoms with Crippen LogP contribution in [0.25, 0.3) is 0 Å². The first-order valence-electron chi connectivity index (χ1n) is 7.35. The smallest absolute Gasteiger partial charge is 0.335 e. The number of amides is 1. The van der Waals surface area contributed by atoms with Gasteiger partial charge < -0.3 is 10.4 Å². The van der Waals surface area contributed by atoms with Crippen molar-refractivity contribution in [2.75, 3.05) is 10.0 Å². The van der Waals surface area contributed by atoms with Crippen molar-refractivity contribution in [3.8, 4) is 0 Å². The largest absolute Gasteiger partial charge is 0.478 e. The van der Waals surface area contributed by atoms with Gasteiger partial charge in [-0.1, -0.05) is 0 Å². The zero-order chi connectivity index (χ0) is 19.1. The highest BCUT2D eigenvalue weighted by molar-refractivity contribution is 7.92. The third kappa shape index (κ3) is 3.36. The van der Waals surface area contributed by atoms with E-state index >= 15 is 0 Å². The number of carboxylic acid groups (broad SMARTS) is 1. The summed E-state index contributed by atoms with van der Waals surface area (Å²) in [6.07, 6.45) is 0.377. The highest BCUT2D eigenvalue weighted by atomic mass is 32.2. The van der Waals surface area contributed by atoms with Crippen molar-refractivity contribution in [1.29, 1.82) is 0 Å². The number of nitrogens with one attached hydrogen (secondary N) is 2. The Morgan fingerprint density at radius 1 is 1.12 bits per heavy atom. The van der Waals surface area contributed by atoms with Gasteiger partial charge in [0.15, 0.2) is 0 Å². The van der Waals surface area contributed by atoms with Crippen LogP contribution in [-0.2, 0) is 21.2 Å². The second kappa shape index (κ2) is 6.37. The van der Waals surface area contributed by atoms with E-state index in [-0.39, 0.29) is 30.0 Å². The molecule has 0 aliphatic carbocycles. The van der Waals surface area contributed by atoms with Crippen LogP contribution >= 0.6 is 0 Å². The number of halogens is 2. The predicted octanol–water partition coefficient (Wildman–Crippen LogP) is 2.35. The van der Waals surface area contributed by atoms with Crippen LogP contribution in [0, 0.1) is 11.6 Å². The van der Waals surface area contributed by atoms with E-state index in [2.05, 4.69) is 5.32 Å². The Morgan fingerprint density at radius 2 is 1.85 bits per heavy atom. The lowest BCUT2D eigenvalue weighted by molar-refractivity contribution is -0.116. The molecule has 0 spiro atoms. The molecule has 0 atom stereocenters. The van der Waals surface area contributed by atoms with E-state index < -0.39 is 38.2 Å². The highest BCUT2D eigenvalue weighted by Gasteiger charge is 2.25. The van der Waals surface area contributed by atoms with E-state index in [1.807, 2.05) is 4.72 Å². The fourth-order valence-electron chi connectivity index (χ4n) is 2.52. The minimum absolute atomic E-state index is 0.136. The number of hydrogen-bond donors (Lipinski definition) is 3. The standard InChI is InChI=1S/C16H12F2N2O5S/c17-10-5-9(16(22)23)1-3-12(10)20-26(24,25)14-6-8-2-4-15(21)19-13(8)7-11(14)18/h1,3,5-7,20H,2,4H2,(H,19,21)(H,22,23). The number of anilines is 2. The summed E-state index contributed by atoms with van der Waals surface area (Å²) < 4.78 is 54.9. The monoisotopic (exact) mass is 382 g/mol. The van der Waals surface area contributed by atoms with Gasteiger partial charge in [-0.25, -0.2) is 22.0 Å². The van der Waals surface area contributed by atoms with Gasteiger partial charge in [-0.3, -0.25) is 9.52 Å². The first-order chi connectivity index (χ1) is 12.2. The molecule has 2 aromatic rings. The normalized spacial score (nSPS) is 13.7. The Bertz CT molecular complexity index is 1040. The summed E-state index contributed by atoms with van der Waals surface area (Å²) in [7, 11) is -4.47. The van der Waals surface area contributed by atoms with Crippen LogP contribution in [0.5, 0.6) is 0 Å². The molecule has 1 aliphatic heterocycles. The van der Waals surface area contributed by atoms with Gasteiger partial charge in [-0.2, -0.15) is 0 Å². The van der Waals surface area contributed by atoms with E-state index in [1.165, 1.54) is 0 Å². The van der Waals surface area contributed by atoms with Crippen molar-refractivity contribution < 1.29 is 31.9 Å². The average Bonchev–Trinajstić information content (AvgIpc) is 2.55. The molecule has 7 nitrogen and oxygen atoms in total. The van der Waals surface area contributed by atoms with Crippen LogP contribution < -0.4 is 10.0 Å². The molecule has 1 amide bonds. The second-order valence-electron chi connectivity index (χ2n) is 5.59. The van der Waals surface area contributed by atoms with Crippen molar-refractivity contribution in [2.24, 2.45) is 0 Å². The van der Waals surface area contributed by atoms with Crippen LogP contribution in [0.1, 0.15) is 22.3 Å². The van der Waals surface area contributed by atoms with Gasteiger partial charge in [0.05, 0.1) is 11.3 Å². The first kappa shape index (κ1) is 17.8. The predicted molar refractivity (Wildman–Crippen MR) is 87.5 cm³/mol. The number of carbonyl (C=O) groups is 2. The molecule has 0 radical (unpaired) electrons. The van der Waals surface area contributed by atoms with Crippen molar-refractivity contribution in [1.82, 2.24) is 0 Å². The minimum atomic E-state index is -4.47. The maximum atomic E-state index is 14.2. The highest BCUT2D eigenvalue weighted by Crippen LogP contribution is 2.29. The van der Waals surface area contributed by atoms with E-state index in [0.717, 1.165) is 24.3 Å². The fourth-order valence-corrected chi connectivity index (χ4v) is 3.69. The van der Waals surface area contributed by atoms with Crippen LogP contribution in [-0.4, -0.2) is 25.4 Å². The molecule has 1 aliphatic rings. The Morgan fingerprint density at radius 3 is 2.50 bits per heavy atom. The Balaban J connectivity index is 1.96. The number of fused-ring (bicyclic) bond motifs is 1. The molecule has 3 N–H and O–H groups in total. The molecule has 1 heterocycles. The molecule has 0 aromatic heterocycles. The number of hydrogen-bond acceptors (Lipinski definition) is 4. The zero-order valence-electron chi connectivity index (χ0n) is 13.0. The number of carbonyl (C=O) groups excluding carboxylic acids is 1. The summed E-state index contributed by atoms with van der Waals surface area (Å²) in [5.41, 5.74) is -0.246. The molecule has 136 valence electrons. The summed E-state index contributed by atoms with van der Waals surface area (Å²) >= 11 is 0. The molecule has 0 unspecified atom stereocenters. The molecule has 2 aromatic carbocycles. The second-order valence-corrected chi connectivity index (χ2v) is 7.24. The number of carboxylic acids is 1. The quantitative estimate of drug-likeness (QED) is 0.751. The summed E-state index contributed by atoms with van der Waals surface area (Å²) in [6, 6.07) is 4.58. The maximum absolute atomic E-state index is 14.2. The molecule has 0 fully saturated rings. The van der Waals surface area contributed by atoms with Crippen LogP contribution in [0.15, 0.2) is 35.2 Å². The summed E-state index contributed by atoms with van der Waals surface area (Å²) in [5, 5.41) is 11.2. The maximum Gasteiger partial charge on any atom is 0.335 e. The Labute approximate surface area is 146 Å². The lowest BCUT2D eigenvalue weighted by Gasteiger charge is -2.18. The number of aromatic carboxylic acids is 1. The molecule has 0 bridgehead atoms.